The van der Waals surface area contributed by atoms with Crippen molar-refractivity contribution >= 4 is 11.9 Å². The second kappa shape index (κ2) is 4.47. The van der Waals surface area contributed by atoms with Crippen molar-refractivity contribution in [3.8, 4) is 0 Å². The van der Waals surface area contributed by atoms with Gasteiger partial charge in [0, 0.05) is 17.9 Å². The topological polar surface area (TPSA) is 75.1 Å². The molecule has 0 aliphatic heterocycles. The van der Waals surface area contributed by atoms with Gasteiger partial charge < -0.3 is 10.4 Å². The number of aromatic nitrogens is 2. The van der Waals surface area contributed by atoms with Crippen molar-refractivity contribution in [2.75, 3.05) is 11.9 Å². The van der Waals surface area contributed by atoms with Crippen molar-refractivity contribution in [3.63, 3.8) is 0 Å². The fraction of sp³-hybridized carbons (Fsp3) is 0.545. The van der Waals surface area contributed by atoms with Gasteiger partial charge in [0.2, 0.25) is 5.95 Å². The lowest BCUT2D eigenvalue weighted by Gasteiger charge is -2.19. The van der Waals surface area contributed by atoms with Crippen LogP contribution in [0, 0.1) is 19.3 Å². The van der Waals surface area contributed by atoms with Gasteiger partial charge in [-0.25, -0.2) is 9.97 Å². The lowest BCUT2D eigenvalue weighted by molar-refractivity contribution is -0.146. The van der Waals surface area contributed by atoms with Gasteiger partial charge in [0.15, 0.2) is 0 Å². The average molecular weight is 223 g/mol. The molecule has 1 aromatic heterocycles. The minimum atomic E-state index is -0.843. The number of hydrogen-bond acceptors (Lipinski definition) is 4. The fourth-order valence-electron chi connectivity index (χ4n) is 1.18. The van der Waals surface area contributed by atoms with E-state index in [2.05, 4.69) is 15.3 Å². The number of hydrogen-bond donors (Lipinski definition) is 2. The van der Waals surface area contributed by atoms with Gasteiger partial charge in [-0.15, -0.1) is 0 Å². The van der Waals surface area contributed by atoms with Crippen LogP contribution >= 0.6 is 0 Å². The highest BCUT2D eigenvalue weighted by Gasteiger charge is 2.26. The third-order valence-electron chi connectivity index (χ3n) is 2.25. The van der Waals surface area contributed by atoms with Gasteiger partial charge in [0.25, 0.3) is 0 Å². The molecule has 0 saturated heterocycles. The molecule has 0 amide bonds. The van der Waals surface area contributed by atoms with Gasteiger partial charge in [-0.2, -0.15) is 0 Å². The molecule has 5 nitrogen and oxygen atoms in total. The molecule has 16 heavy (non-hydrogen) atoms. The SMILES string of the molecule is Cc1cc(C)nc(NCC(C)(C)C(=O)O)n1. The van der Waals surface area contributed by atoms with Gasteiger partial charge in [-0.1, -0.05) is 0 Å². The molecular weight excluding hydrogens is 206 g/mol. The van der Waals surface area contributed by atoms with Crippen LogP contribution in [0.2, 0.25) is 0 Å². The van der Waals surface area contributed by atoms with Gasteiger partial charge in [-0.3, -0.25) is 4.79 Å². The first kappa shape index (κ1) is 12.4. The maximum atomic E-state index is 10.9. The largest absolute Gasteiger partial charge is 0.481 e. The molecule has 1 heterocycles. The normalized spacial score (nSPS) is 11.2. The van der Waals surface area contributed by atoms with Gasteiger partial charge in [-0.05, 0) is 33.8 Å². The summed E-state index contributed by atoms with van der Waals surface area (Å²) >= 11 is 0. The van der Waals surface area contributed by atoms with E-state index in [4.69, 9.17) is 5.11 Å². The molecule has 0 atom stereocenters. The number of carbonyl (C=O) groups is 1. The van der Waals surface area contributed by atoms with Crippen molar-refractivity contribution in [1.82, 2.24) is 9.97 Å². The standard InChI is InChI=1S/C11H17N3O2/c1-7-5-8(2)14-10(13-7)12-6-11(3,4)9(15)16/h5H,6H2,1-4H3,(H,15,16)(H,12,13,14). The Kier molecular flexibility index (Phi) is 3.47. The number of aryl methyl sites for hydroxylation is 2. The summed E-state index contributed by atoms with van der Waals surface area (Å²) in [6.07, 6.45) is 0. The van der Waals surface area contributed by atoms with E-state index in [-0.39, 0.29) is 0 Å². The Bertz CT molecular complexity index is 382. The zero-order chi connectivity index (χ0) is 12.3. The molecule has 0 unspecified atom stereocenters. The van der Waals surface area contributed by atoms with E-state index in [1.54, 1.807) is 13.8 Å². The summed E-state index contributed by atoms with van der Waals surface area (Å²) in [6, 6.07) is 1.87. The monoisotopic (exact) mass is 223 g/mol. The summed E-state index contributed by atoms with van der Waals surface area (Å²) in [5, 5.41) is 11.9. The Balaban J connectivity index is 2.71. The molecule has 88 valence electrons. The molecule has 0 aliphatic carbocycles. The Morgan fingerprint density at radius 3 is 2.31 bits per heavy atom. The number of aliphatic carboxylic acids is 1. The number of carboxylic acids is 1. The summed E-state index contributed by atoms with van der Waals surface area (Å²) < 4.78 is 0. The molecule has 0 aromatic carbocycles. The van der Waals surface area contributed by atoms with E-state index in [0.29, 0.717) is 12.5 Å². The smallest absolute Gasteiger partial charge is 0.310 e. The highest BCUT2D eigenvalue weighted by atomic mass is 16.4. The predicted molar refractivity (Wildman–Crippen MR) is 61.4 cm³/mol. The zero-order valence-corrected chi connectivity index (χ0v) is 10.0. The van der Waals surface area contributed by atoms with Crippen LogP contribution in [0.4, 0.5) is 5.95 Å². The Morgan fingerprint density at radius 2 is 1.88 bits per heavy atom. The van der Waals surface area contributed by atoms with Crippen molar-refractivity contribution in [2.24, 2.45) is 5.41 Å². The van der Waals surface area contributed by atoms with Crippen molar-refractivity contribution < 1.29 is 9.90 Å². The Morgan fingerprint density at radius 1 is 1.38 bits per heavy atom. The van der Waals surface area contributed by atoms with E-state index >= 15 is 0 Å². The Hall–Kier alpha value is -1.65. The molecule has 0 aliphatic rings. The van der Waals surface area contributed by atoms with E-state index in [9.17, 15) is 4.79 Å². The molecule has 0 bridgehead atoms. The number of rotatable bonds is 4. The van der Waals surface area contributed by atoms with E-state index in [0.717, 1.165) is 11.4 Å². The van der Waals surface area contributed by atoms with Gasteiger partial charge >= 0.3 is 5.97 Å². The van der Waals surface area contributed by atoms with Crippen LogP contribution in [0.3, 0.4) is 0 Å². The van der Waals surface area contributed by atoms with E-state index < -0.39 is 11.4 Å². The van der Waals surface area contributed by atoms with Crippen LogP contribution in [0.1, 0.15) is 25.2 Å². The van der Waals surface area contributed by atoms with Crippen LogP contribution in [-0.4, -0.2) is 27.6 Å². The minimum Gasteiger partial charge on any atom is -0.481 e. The minimum absolute atomic E-state index is 0.297. The van der Waals surface area contributed by atoms with Crippen LogP contribution in [0.25, 0.3) is 0 Å². The predicted octanol–water partition coefficient (Wildman–Crippen LogP) is 1.62. The van der Waals surface area contributed by atoms with Crippen molar-refractivity contribution in [1.29, 1.82) is 0 Å². The van der Waals surface area contributed by atoms with E-state index in [1.165, 1.54) is 0 Å². The summed E-state index contributed by atoms with van der Waals surface area (Å²) in [5.41, 5.74) is 0.896. The highest BCUT2D eigenvalue weighted by Crippen LogP contribution is 2.15. The highest BCUT2D eigenvalue weighted by molar-refractivity contribution is 5.74. The quantitative estimate of drug-likeness (QED) is 0.811. The Labute approximate surface area is 94.9 Å². The molecule has 0 radical (unpaired) electrons. The molecule has 1 rings (SSSR count). The van der Waals surface area contributed by atoms with Gasteiger partial charge in [0.1, 0.15) is 0 Å². The van der Waals surface area contributed by atoms with Crippen molar-refractivity contribution in [3.05, 3.63) is 17.5 Å². The van der Waals surface area contributed by atoms with Crippen LogP contribution < -0.4 is 5.32 Å². The first-order valence-electron chi connectivity index (χ1n) is 5.11. The first-order valence-corrected chi connectivity index (χ1v) is 5.11. The summed E-state index contributed by atoms with van der Waals surface area (Å²) in [6.45, 7) is 7.37. The lowest BCUT2D eigenvalue weighted by atomic mass is 9.94. The number of nitrogens with zero attached hydrogens (tertiary/aromatic N) is 2. The first-order chi connectivity index (χ1) is 7.31. The second-order valence-corrected chi connectivity index (χ2v) is 4.52. The maximum absolute atomic E-state index is 10.9. The average Bonchev–Trinajstić information content (AvgIpc) is 2.13. The lowest BCUT2D eigenvalue weighted by Crippen LogP contribution is -2.32. The van der Waals surface area contributed by atoms with Gasteiger partial charge in [0.05, 0.1) is 5.41 Å². The molecular formula is C11H17N3O2. The van der Waals surface area contributed by atoms with Crippen molar-refractivity contribution in [2.45, 2.75) is 27.7 Å². The molecule has 5 heteroatoms. The zero-order valence-electron chi connectivity index (χ0n) is 10.0. The molecule has 0 fully saturated rings. The molecule has 0 saturated carbocycles. The molecule has 1 aromatic rings. The summed E-state index contributed by atoms with van der Waals surface area (Å²) in [4.78, 5) is 19.3. The van der Waals surface area contributed by atoms with Crippen LogP contribution in [0.5, 0.6) is 0 Å². The van der Waals surface area contributed by atoms with E-state index in [1.807, 2.05) is 19.9 Å². The summed E-state index contributed by atoms with van der Waals surface area (Å²) in [5.74, 6) is -0.365. The third kappa shape index (κ3) is 3.18. The van der Waals surface area contributed by atoms with Crippen LogP contribution in [0.15, 0.2) is 6.07 Å². The number of anilines is 1. The molecule has 2 N–H and O–H groups in total. The summed E-state index contributed by atoms with van der Waals surface area (Å²) in [7, 11) is 0. The number of carboxylic acid groups (broad SMARTS) is 1. The second-order valence-electron chi connectivity index (χ2n) is 4.52. The fourth-order valence-corrected chi connectivity index (χ4v) is 1.18. The molecule has 0 spiro atoms. The maximum Gasteiger partial charge on any atom is 0.310 e. The third-order valence-corrected chi connectivity index (χ3v) is 2.25. The van der Waals surface area contributed by atoms with Crippen LogP contribution in [-0.2, 0) is 4.79 Å². The number of nitrogens with one attached hydrogen (secondary N) is 1.